The van der Waals surface area contributed by atoms with Gasteiger partial charge in [0.15, 0.2) is 0 Å². The number of nitrogens with zero attached hydrogens (tertiary/aromatic N) is 1. The average molecular weight is 447 g/mol. The first kappa shape index (κ1) is 21.8. The van der Waals surface area contributed by atoms with Crippen LogP contribution in [0, 0.1) is 5.82 Å². The lowest BCUT2D eigenvalue weighted by atomic mass is 10.1. The Morgan fingerprint density at radius 2 is 1.77 bits per heavy atom. The number of carbonyl (C=O) groups is 1. The molecule has 0 saturated heterocycles. The Hall–Kier alpha value is -2.90. The molecule has 30 heavy (non-hydrogen) atoms. The van der Waals surface area contributed by atoms with Gasteiger partial charge < -0.3 is 5.32 Å². The minimum Gasteiger partial charge on any atom is -0.326 e. The van der Waals surface area contributed by atoms with E-state index in [0.29, 0.717) is 11.3 Å². The Morgan fingerprint density at radius 3 is 2.43 bits per heavy atom. The summed E-state index contributed by atoms with van der Waals surface area (Å²) in [5, 5.41) is 2.69. The summed E-state index contributed by atoms with van der Waals surface area (Å²) in [4.78, 5) is 12.2. The van der Waals surface area contributed by atoms with Crippen LogP contribution in [0.3, 0.4) is 0 Å². The molecule has 1 N–H and O–H groups in total. The van der Waals surface area contributed by atoms with Crippen molar-refractivity contribution in [3.05, 3.63) is 89.2 Å². The standard InChI is InChI=1S/C22H20ClFN2O3S/c1-2-26(19-9-4-3-5-10-19)30(28,29)21-15-18(11-12-20(21)23)25-22(27)14-16-7-6-8-17(24)13-16/h3-13,15H,2,14H2,1H3,(H,25,27). The quantitative estimate of drug-likeness (QED) is 0.562. The number of halogens is 2. The molecule has 0 aliphatic carbocycles. The monoisotopic (exact) mass is 446 g/mol. The van der Waals surface area contributed by atoms with Crippen LogP contribution in [-0.4, -0.2) is 20.9 Å². The molecule has 8 heteroatoms. The number of hydrogen-bond donors (Lipinski definition) is 1. The predicted molar refractivity (Wildman–Crippen MR) is 117 cm³/mol. The highest BCUT2D eigenvalue weighted by Crippen LogP contribution is 2.30. The van der Waals surface area contributed by atoms with Crippen LogP contribution in [0.5, 0.6) is 0 Å². The van der Waals surface area contributed by atoms with Gasteiger partial charge in [0.2, 0.25) is 5.91 Å². The van der Waals surface area contributed by atoms with Gasteiger partial charge in [-0.15, -0.1) is 0 Å². The lowest BCUT2D eigenvalue weighted by Gasteiger charge is -2.23. The first-order chi connectivity index (χ1) is 14.3. The number of amides is 1. The maximum Gasteiger partial charge on any atom is 0.265 e. The van der Waals surface area contributed by atoms with Crippen molar-refractivity contribution in [1.82, 2.24) is 0 Å². The second kappa shape index (κ2) is 9.28. The summed E-state index contributed by atoms with van der Waals surface area (Å²) in [6.07, 6.45) is -0.0480. The zero-order valence-electron chi connectivity index (χ0n) is 16.2. The number of hydrogen-bond acceptors (Lipinski definition) is 3. The normalized spacial score (nSPS) is 11.2. The zero-order chi connectivity index (χ0) is 21.7. The van der Waals surface area contributed by atoms with E-state index in [1.165, 1.54) is 40.7 Å². The van der Waals surface area contributed by atoms with E-state index in [0.717, 1.165) is 0 Å². The minimum atomic E-state index is -3.96. The van der Waals surface area contributed by atoms with Gasteiger partial charge in [-0.05, 0) is 55.0 Å². The number of carbonyl (C=O) groups excluding carboxylic acids is 1. The molecule has 0 bridgehead atoms. The molecule has 0 spiro atoms. The van der Waals surface area contributed by atoms with Crippen molar-refractivity contribution in [3.8, 4) is 0 Å². The molecule has 0 radical (unpaired) electrons. The number of anilines is 2. The Morgan fingerprint density at radius 1 is 1.03 bits per heavy atom. The topological polar surface area (TPSA) is 66.5 Å². The van der Waals surface area contributed by atoms with Crippen LogP contribution in [0.2, 0.25) is 5.02 Å². The Kier molecular flexibility index (Phi) is 6.74. The second-order valence-corrected chi connectivity index (χ2v) is 8.74. The average Bonchev–Trinajstić information content (AvgIpc) is 2.70. The molecule has 3 aromatic carbocycles. The van der Waals surface area contributed by atoms with E-state index in [1.54, 1.807) is 43.3 Å². The number of sulfonamides is 1. The third kappa shape index (κ3) is 4.98. The van der Waals surface area contributed by atoms with Gasteiger partial charge in [-0.3, -0.25) is 9.10 Å². The van der Waals surface area contributed by atoms with Crippen molar-refractivity contribution in [2.24, 2.45) is 0 Å². The summed E-state index contributed by atoms with van der Waals surface area (Å²) in [5.41, 5.74) is 1.30. The van der Waals surface area contributed by atoms with Gasteiger partial charge in [-0.2, -0.15) is 0 Å². The van der Waals surface area contributed by atoms with Crippen molar-refractivity contribution < 1.29 is 17.6 Å². The number of rotatable bonds is 7. The van der Waals surface area contributed by atoms with E-state index in [4.69, 9.17) is 11.6 Å². The number of benzene rings is 3. The van der Waals surface area contributed by atoms with Gasteiger partial charge in [0.25, 0.3) is 10.0 Å². The smallest absolute Gasteiger partial charge is 0.265 e. The molecular weight excluding hydrogens is 427 g/mol. The van der Waals surface area contributed by atoms with E-state index in [-0.39, 0.29) is 28.6 Å². The fraction of sp³-hybridized carbons (Fsp3) is 0.136. The van der Waals surface area contributed by atoms with Crippen LogP contribution < -0.4 is 9.62 Å². The van der Waals surface area contributed by atoms with Gasteiger partial charge in [0, 0.05) is 12.2 Å². The molecule has 1 amide bonds. The van der Waals surface area contributed by atoms with Crippen LogP contribution in [0.15, 0.2) is 77.7 Å². The maximum absolute atomic E-state index is 13.3. The van der Waals surface area contributed by atoms with E-state index in [9.17, 15) is 17.6 Å². The largest absolute Gasteiger partial charge is 0.326 e. The predicted octanol–water partition coefficient (Wildman–Crippen LogP) is 4.88. The van der Waals surface area contributed by atoms with Crippen LogP contribution >= 0.6 is 11.6 Å². The fourth-order valence-corrected chi connectivity index (χ4v) is 5.00. The Labute approximate surface area is 180 Å². The highest BCUT2D eigenvalue weighted by molar-refractivity contribution is 7.93. The highest BCUT2D eigenvalue weighted by Gasteiger charge is 2.26. The van der Waals surface area contributed by atoms with Gasteiger partial charge >= 0.3 is 0 Å². The Bertz CT molecular complexity index is 1150. The van der Waals surface area contributed by atoms with Crippen molar-refractivity contribution in [2.75, 3.05) is 16.2 Å². The van der Waals surface area contributed by atoms with Gasteiger partial charge in [-0.25, -0.2) is 12.8 Å². The summed E-state index contributed by atoms with van der Waals surface area (Å²) < 4.78 is 41.0. The van der Waals surface area contributed by atoms with Crippen molar-refractivity contribution >= 4 is 38.9 Å². The third-order valence-corrected chi connectivity index (χ3v) is 6.75. The highest BCUT2D eigenvalue weighted by atomic mass is 35.5. The second-order valence-electron chi connectivity index (χ2n) is 6.51. The maximum atomic E-state index is 13.3. The summed E-state index contributed by atoms with van der Waals surface area (Å²) in [7, 11) is -3.96. The molecule has 0 fully saturated rings. The SMILES string of the molecule is CCN(c1ccccc1)S(=O)(=O)c1cc(NC(=O)Cc2cccc(F)c2)ccc1Cl. The summed E-state index contributed by atoms with van der Waals surface area (Å²) in [6.45, 7) is 1.93. The number of nitrogens with one attached hydrogen (secondary N) is 1. The molecule has 3 aromatic rings. The summed E-state index contributed by atoms with van der Waals surface area (Å²) in [6, 6.07) is 18.7. The minimum absolute atomic E-state index is 0.0480. The molecule has 0 saturated carbocycles. The fourth-order valence-electron chi connectivity index (χ4n) is 3.02. The van der Waals surface area contributed by atoms with Crippen molar-refractivity contribution in [3.63, 3.8) is 0 Å². The molecular formula is C22H20ClFN2O3S. The first-order valence-electron chi connectivity index (χ1n) is 9.23. The summed E-state index contributed by atoms with van der Waals surface area (Å²) >= 11 is 6.19. The van der Waals surface area contributed by atoms with Crippen LogP contribution in [0.1, 0.15) is 12.5 Å². The molecule has 0 aliphatic rings. The molecule has 0 heterocycles. The van der Waals surface area contributed by atoms with Gasteiger partial charge in [0.1, 0.15) is 10.7 Å². The zero-order valence-corrected chi connectivity index (χ0v) is 17.8. The van der Waals surface area contributed by atoms with Crippen molar-refractivity contribution in [2.45, 2.75) is 18.2 Å². The lowest BCUT2D eigenvalue weighted by Crippen LogP contribution is -2.31. The Balaban J connectivity index is 1.86. The number of para-hydroxylation sites is 1. The lowest BCUT2D eigenvalue weighted by molar-refractivity contribution is -0.115. The first-order valence-corrected chi connectivity index (χ1v) is 11.0. The van der Waals surface area contributed by atoms with Crippen LogP contribution in [-0.2, 0) is 21.2 Å². The molecule has 0 aromatic heterocycles. The van der Waals surface area contributed by atoms with E-state index < -0.39 is 21.7 Å². The van der Waals surface area contributed by atoms with Gasteiger partial charge in [-0.1, -0.05) is 41.9 Å². The van der Waals surface area contributed by atoms with E-state index >= 15 is 0 Å². The van der Waals surface area contributed by atoms with Crippen LogP contribution in [0.4, 0.5) is 15.8 Å². The molecule has 5 nitrogen and oxygen atoms in total. The van der Waals surface area contributed by atoms with Crippen LogP contribution in [0.25, 0.3) is 0 Å². The summed E-state index contributed by atoms with van der Waals surface area (Å²) in [5.74, 6) is -0.831. The van der Waals surface area contributed by atoms with Gasteiger partial charge in [0.05, 0.1) is 17.1 Å². The molecule has 3 rings (SSSR count). The molecule has 0 unspecified atom stereocenters. The third-order valence-electron chi connectivity index (χ3n) is 4.37. The van der Waals surface area contributed by atoms with Crippen molar-refractivity contribution in [1.29, 1.82) is 0 Å². The molecule has 156 valence electrons. The van der Waals surface area contributed by atoms with E-state index in [2.05, 4.69) is 5.32 Å². The molecule has 0 atom stereocenters. The van der Waals surface area contributed by atoms with E-state index in [1.807, 2.05) is 0 Å². The molecule has 0 aliphatic heterocycles.